The first-order valence-electron chi connectivity index (χ1n) is 4.43. The number of non-ortho nitro benzene ring substituents is 1. The summed E-state index contributed by atoms with van der Waals surface area (Å²) in [6, 6.07) is 6.03. The smallest absolute Gasteiger partial charge is 0.258 e. The molecule has 0 heterocycles. The molecule has 0 amide bonds. The second-order valence-corrected chi connectivity index (χ2v) is 3.53. The Morgan fingerprint density at radius 2 is 2.08 bits per heavy atom. The van der Waals surface area contributed by atoms with Gasteiger partial charge in [-0.15, -0.1) is 11.6 Å². The molecule has 3 nitrogen and oxygen atoms in total. The lowest BCUT2D eigenvalue weighted by molar-refractivity contribution is -0.384. The number of alkyl halides is 1. The predicted octanol–water partition coefficient (Wildman–Crippen LogP) is 2.69. The first kappa shape index (κ1) is 7.33. The van der Waals surface area contributed by atoms with E-state index in [9.17, 15) is 10.1 Å². The SMILES string of the molecule is [2H][C@]1(c2ccc([N+](=O)[O-])cc2)C[C@@H]1Cl. The number of halogens is 1. The van der Waals surface area contributed by atoms with E-state index in [-0.39, 0.29) is 11.1 Å². The van der Waals surface area contributed by atoms with Gasteiger partial charge in [0.05, 0.1) is 4.92 Å². The summed E-state index contributed by atoms with van der Waals surface area (Å²) in [7, 11) is 0. The van der Waals surface area contributed by atoms with Gasteiger partial charge in [-0.05, 0) is 12.0 Å². The van der Waals surface area contributed by atoms with Crippen LogP contribution in [0.4, 0.5) is 5.69 Å². The maximum Gasteiger partial charge on any atom is 0.269 e. The lowest BCUT2D eigenvalue weighted by atomic mass is 10.1. The number of nitro groups is 1. The standard InChI is InChI=1S/C9H8ClNO2/c10-9-5-8(9)6-1-3-7(4-2-6)11(12)13/h1-4,8-9H,5H2/t8-,9+/m1/s1/i8D. The topological polar surface area (TPSA) is 43.1 Å². The quantitative estimate of drug-likeness (QED) is 0.417. The minimum atomic E-state index is -0.726. The highest BCUT2D eigenvalue weighted by Crippen LogP contribution is 2.45. The fraction of sp³-hybridized carbons (Fsp3) is 0.333. The first-order valence-corrected chi connectivity index (χ1v) is 4.37. The molecule has 13 heavy (non-hydrogen) atoms. The fourth-order valence-corrected chi connectivity index (χ4v) is 1.52. The van der Waals surface area contributed by atoms with Crippen LogP contribution in [0, 0.1) is 10.1 Å². The van der Waals surface area contributed by atoms with Crippen LogP contribution in [-0.2, 0) is 0 Å². The van der Waals surface area contributed by atoms with Crippen LogP contribution < -0.4 is 0 Å². The lowest BCUT2D eigenvalue weighted by Gasteiger charge is -1.96. The van der Waals surface area contributed by atoms with Gasteiger partial charge in [-0.2, -0.15) is 0 Å². The van der Waals surface area contributed by atoms with Gasteiger partial charge in [0.15, 0.2) is 0 Å². The van der Waals surface area contributed by atoms with Crippen molar-refractivity contribution in [2.75, 3.05) is 0 Å². The van der Waals surface area contributed by atoms with Crippen molar-refractivity contribution in [3.05, 3.63) is 39.9 Å². The summed E-state index contributed by atoms with van der Waals surface area (Å²) < 4.78 is 7.87. The van der Waals surface area contributed by atoms with Crippen molar-refractivity contribution in [3.8, 4) is 0 Å². The van der Waals surface area contributed by atoms with Crippen LogP contribution in [0.15, 0.2) is 24.3 Å². The molecule has 1 aromatic carbocycles. The summed E-state index contributed by atoms with van der Waals surface area (Å²) in [5.41, 5.74) is 0.798. The first-order chi connectivity index (χ1) is 6.54. The van der Waals surface area contributed by atoms with Crippen molar-refractivity contribution in [2.24, 2.45) is 0 Å². The Morgan fingerprint density at radius 3 is 2.46 bits per heavy atom. The summed E-state index contributed by atoms with van der Waals surface area (Å²) in [6.45, 7) is 0. The molecule has 0 radical (unpaired) electrons. The van der Waals surface area contributed by atoms with Crippen molar-refractivity contribution in [1.29, 1.82) is 0 Å². The number of nitrogens with zero attached hydrogens (tertiary/aromatic N) is 1. The minimum absolute atomic E-state index is 0.0455. The van der Waals surface area contributed by atoms with Crippen molar-refractivity contribution in [2.45, 2.75) is 17.7 Å². The Labute approximate surface area is 81.9 Å². The van der Waals surface area contributed by atoms with Gasteiger partial charge in [-0.3, -0.25) is 10.1 Å². The van der Waals surface area contributed by atoms with Crippen LogP contribution in [0.5, 0.6) is 0 Å². The summed E-state index contributed by atoms with van der Waals surface area (Å²) in [4.78, 5) is 9.92. The molecule has 68 valence electrons. The van der Waals surface area contributed by atoms with Crippen LogP contribution >= 0.6 is 11.6 Å². The van der Waals surface area contributed by atoms with Crippen LogP contribution in [0.1, 0.15) is 19.2 Å². The molecule has 1 aliphatic carbocycles. The third-order valence-corrected chi connectivity index (χ3v) is 2.48. The molecule has 4 heteroatoms. The number of hydrogen-bond acceptors (Lipinski definition) is 2. The van der Waals surface area contributed by atoms with E-state index in [0.717, 1.165) is 5.56 Å². The van der Waals surface area contributed by atoms with Gasteiger partial charge in [0.1, 0.15) is 0 Å². The van der Waals surface area contributed by atoms with Gasteiger partial charge in [0, 0.05) is 24.8 Å². The highest BCUT2D eigenvalue weighted by molar-refractivity contribution is 6.23. The average molecular weight is 199 g/mol. The minimum Gasteiger partial charge on any atom is -0.258 e. The number of nitro benzene ring substituents is 1. The van der Waals surface area contributed by atoms with Crippen molar-refractivity contribution in [3.63, 3.8) is 0 Å². The molecule has 0 spiro atoms. The van der Waals surface area contributed by atoms with Crippen LogP contribution in [0.2, 0.25) is 0 Å². The fourth-order valence-electron chi connectivity index (χ4n) is 1.23. The third kappa shape index (κ3) is 1.65. The number of benzene rings is 1. The Kier molecular flexibility index (Phi) is 1.69. The van der Waals surface area contributed by atoms with E-state index in [1.165, 1.54) is 12.1 Å². The largest absolute Gasteiger partial charge is 0.269 e. The Bertz CT molecular complexity index is 381. The molecule has 2 atom stereocenters. The molecule has 2 rings (SSSR count). The van der Waals surface area contributed by atoms with Crippen molar-refractivity contribution >= 4 is 17.3 Å². The molecule has 0 aromatic heterocycles. The van der Waals surface area contributed by atoms with E-state index in [1.54, 1.807) is 12.1 Å². The molecule has 1 saturated carbocycles. The molecule has 1 aliphatic rings. The highest BCUT2D eigenvalue weighted by Gasteiger charge is 2.36. The molecular weight excluding hydrogens is 190 g/mol. The van der Waals surface area contributed by atoms with E-state index in [4.69, 9.17) is 13.0 Å². The molecule has 0 N–H and O–H groups in total. The Balaban J connectivity index is 2.27. The molecule has 0 saturated heterocycles. The molecular formula is C9H8ClNO2. The Hall–Kier alpha value is -1.09. The number of hydrogen-bond donors (Lipinski definition) is 0. The van der Waals surface area contributed by atoms with Gasteiger partial charge in [-0.1, -0.05) is 12.1 Å². The van der Waals surface area contributed by atoms with Crippen molar-refractivity contribution in [1.82, 2.24) is 0 Å². The van der Waals surface area contributed by atoms with E-state index in [1.807, 2.05) is 0 Å². The zero-order chi connectivity index (χ0) is 10.3. The van der Waals surface area contributed by atoms with E-state index >= 15 is 0 Å². The molecule has 0 aliphatic heterocycles. The number of rotatable bonds is 2. The maximum atomic E-state index is 10.4. The summed E-state index contributed by atoms with van der Waals surface area (Å²) in [5.74, 6) is -0.726. The maximum absolute atomic E-state index is 10.4. The van der Waals surface area contributed by atoms with E-state index < -0.39 is 10.8 Å². The van der Waals surface area contributed by atoms with E-state index in [0.29, 0.717) is 6.42 Å². The van der Waals surface area contributed by atoms with Crippen LogP contribution in [-0.4, -0.2) is 10.3 Å². The van der Waals surface area contributed by atoms with Gasteiger partial charge >= 0.3 is 0 Å². The lowest BCUT2D eigenvalue weighted by Crippen LogP contribution is -1.88. The van der Waals surface area contributed by atoms with Gasteiger partial charge < -0.3 is 0 Å². The zero-order valence-corrected chi connectivity index (χ0v) is 7.49. The predicted molar refractivity (Wildman–Crippen MR) is 50.1 cm³/mol. The van der Waals surface area contributed by atoms with Gasteiger partial charge in [0.25, 0.3) is 5.69 Å². The average Bonchev–Trinajstić information content (AvgIpc) is 2.76. The molecule has 0 bridgehead atoms. The van der Waals surface area contributed by atoms with Crippen molar-refractivity contribution < 1.29 is 6.29 Å². The monoisotopic (exact) mass is 198 g/mol. The highest BCUT2D eigenvalue weighted by atomic mass is 35.5. The summed E-state index contributed by atoms with van der Waals surface area (Å²) in [6.07, 6.45) is 0.617. The summed E-state index contributed by atoms with van der Waals surface area (Å²) >= 11 is 5.81. The molecule has 0 unspecified atom stereocenters. The Morgan fingerprint density at radius 1 is 1.54 bits per heavy atom. The summed E-state index contributed by atoms with van der Waals surface area (Å²) in [5, 5.41) is 10.2. The normalized spacial score (nSPS) is 32.4. The van der Waals surface area contributed by atoms with E-state index in [2.05, 4.69) is 0 Å². The van der Waals surface area contributed by atoms with Crippen LogP contribution in [0.3, 0.4) is 0 Å². The van der Waals surface area contributed by atoms with Crippen LogP contribution in [0.25, 0.3) is 0 Å². The van der Waals surface area contributed by atoms with Gasteiger partial charge in [-0.25, -0.2) is 0 Å². The molecule has 1 fully saturated rings. The second-order valence-electron chi connectivity index (χ2n) is 3.00. The van der Waals surface area contributed by atoms with Gasteiger partial charge in [0.2, 0.25) is 0 Å². The zero-order valence-electron chi connectivity index (χ0n) is 7.74. The third-order valence-electron chi connectivity index (χ3n) is 2.07. The molecule has 1 aromatic rings. The second kappa shape index (κ2) is 3.00.